The summed E-state index contributed by atoms with van der Waals surface area (Å²) in [6.45, 7) is 0. The van der Waals surface area contributed by atoms with E-state index in [2.05, 4.69) is 0 Å². The van der Waals surface area contributed by atoms with Crippen LogP contribution in [0, 0.1) is 0 Å². The van der Waals surface area contributed by atoms with Crippen LogP contribution in [0.5, 0.6) is 5.75 Å². The molecule has 0 saturated carbocycles. The number of fused-ring (bicyclic) bond motifs is 1. The summed E-state index contributed by atoms with van der Waals surface area (Å²) >= 11 is -3.58. The van der Waals surface area contributed by atoms with Gasteiger partial charge in [-0.1, -0.05) is 0 Å². The number of ether oxygens (including phenoxy) is 1. The Balaban J connectivity index is 2.20. The second kappa shape index (κ2) is 5.66. The molecule has 21 heavy (non-hydrogen) atoms. The van der Waals surface area contributed by atoms with E-state index in [1.54, 1.807) is 31.4 Å². The maximum absolute atomic E-state index is 12.4. The molecular formula is C16H12Cl2O2Te. The fourth-order valence-electron chi connectivity index (χ4n) is 2.27. The van der Waals surface area contributed by atoms with Crippen molar-refractivity contribution in [2.45, 2.75) is 0 Å². The number of rotatable bonds is 2. The Labute approximate surface area is 134 Å². The van der Waals surface area contributed by atoms with Crippen molar-refractivity contribution in [2.75, 3.05) is 7.11 Å². The molecule has 0 saturated heterocycles. The number of hydrogen-bond acceptors (Lipinski definition) is 2. The summed E-state index contributed by atoms with van der Waals surface area (Å²) in [7, 11) is 15.1. The number of carbonyl (C=O) groups excluding carboxylic acids is 1. The summed E-state index contributed by atoms with van der Waals surface area (Å²) in [4.78, 5) is 12.4. The monoisotopic (exact) mass is 436 g/mol. The summed E-state index contributed by atoms with van der Waals surface area (Å²) in [5.74, 6) is 0.600. The van der Waals surface area contributed by atoms with E-state index in [0.717, 1.165) is 12.8 Å². The quantitative estimate of drug-likeness (QED) is 0.675. The van der Waals surface area contributed by atoms with Crippen molar-refractivity contribution in [3.8, 4) is 5.75 Å². The molecule has 1 aliphatic rings. The van der Waals surface area contributed by atoms with Crippen LogP contribution in [0.1, 0.15) is 15.9 Å². The topological polar surface area (TPSA) is 26.3 Å². The average molecular weight is 435 g/mol. The fourth-order valence-corrected chi connectivity index (χ4v) is 10.4. The summed E-state index contributed by atoms with van der Waals surface area (Å²) in [6.07, 6.45) is 1.59. The molecule has 0 radical (unpaired) electrons. The zero-order chi connectivity index (χ0) is 15.0. The maximum atomic E-state index is 12.4. The van der Waals surface area contributed by atoms with E-state index in [1.165, 1.54) is 0 Å². The van der Waals surface area contributed by atoms with Gasteiger partial charge in [-0.3, -0.25) is 0 Å². The van der Waals surface area contributed by atoms with E-state index < -0.39 is 15.9 Å². The van der Waals surface area contributed by atoms with E-state index in [-0.39, 0.29) is 5.78 Å². The molecule has 0 N–H and O–H groups in total. The molecule has 2 aromatic carbocycles. The molecule has 0 aromatic heterocycles. The van der Waals surface area contributed by atoms with Crippen molar-refractivity contribution in [1.29, 1.82) is 0 Å². The minimum absolute atomic E-state index is 0.0604. The molecule has 2 aromatic rings. The molecule has 0 amide bonds. The Hall–Kier alpha value is -0.980. The second-order valence-corrected chi connectivity index (χ2v) is 17.0. The third-order valence-electron chi connectivity index (χ3n) is 3.33. The van der Waals surface area contributed by atoms with Crippen molar-refractivity contribution in [2.24, 2.45) is 0 Å². The van der Waals surface area contributed by atoms with Crippen LogP contribution in [0.25, 0.3) is 3.62 Å². The Bertz CT molecular complexity index is 739. The summed E-state index contributed by atoms with van der Waals surface area (Å²) in [5, 5.41) is 0. The van der Waals surface area contributed by atoms with Crippen LogP contribution in [0.15, 0.2) is 54.6 Å². The number of benzene rings is 2. The summed E-state index contributed by atoms with van der Waals surface area (Å²) in [6, 6.07) is 14.9. The number of allylic oxidation sites excluding steroid dienone is 1. The SMILES string of the molecule is COc1ccc2c(c1)[Te](Cl)(Cl)C(c1ccccc1)=CC2=O. The number of methoxy groups -OCH3 is 1. The van der Waals surface area contributed by atoms with Crippen LogP contribution in [0.3, 0.4) is 0 Å². The Morgan fingerprint density at radius 2 is 1.76 bits per heavy atom. The predicted molar refractivity (Wildman–Crippen MR) is 88.8 cm³/mol. The van der Waals surface area contributed by atoms with Gasteiger partial charge in [0.1, 0.15) is 0 Å². The molecule has 0 spiro atoms. The number of ketones is 1. The summed E-state index contributed by atoms with van der Waals surface area (Å²) in [5.41, 5.74) is 1.49. The zero-order valence-corrected chi connectivity index (χ0v) is 15.0. The zero-order valence-electron chi connectivity index (χ0n) is 11.2. The molecule has 0 atom stereocenters. The van der Waals surface area contributed by atoms with E-state index in [0.29, 0.717) is 11.3 Å². The Morgan fingerprint density at radius 3 is 2.43 bits per heavy atom. The number of halogens is 2. The van der Waals surface area contributed by atoms with Crippen LogP contribution in [0.4, 0.5) is 0 Å². The van der Waals surface area contributed by atoms with Crippen LogP contribution in [0.2, 0.25) is 0 Å². The van der Waals surface area contributed by atoms with E-state index in [9.17, 15) is 4.79 Å². The Morgan fingerprint density at radius 1 is 1.05 bits per heavy atom. The summed E-state index contributed by atoms with van der Waals surface area (Å²) < 4.78 is 6.75. The molecule has 2 nitrogen and oxygen atoms in total. The van der Waals surface area contributed by atoms with Gasteiger partial charge in [-0.2, -0.15) is 0 Å². The van der Waals surface area contributed by atoms with E-state index >= 15 is 0 Å². The van der Waals surface area contributed by atoms with Crippen molar-refractivity contribution < 1.29 is 9.53 Å². The first-order valence-electron chi connectivity index (χ1n) is 6.26. The first kappa shape index (κ1) is 14.9. The van der Waals surface area contributed by atoms with Gasteiger partial charge in [0.2, 0.25) is 0 Å². The second-order valence-electron chi connectivity index (χ2n) is 4.57. The third kappa shape index (κ3) is 2.60. The van der Waals surface area contributed by atoms with Crippen LogP contribution in [-0.2, 0) is 0 Å². The standard InChI is InChI=1S/C16H12Cl2O2Te/c1-20-12-7-8-13-14(19)10-15(11-5-3-2-4-6-11)21(17,18)16(13)9-12/h2-10H,1H3. The van der Waals surface area contributed by atoms with Gasteiger partial charge in [0.15, 0.2) is 0 Å². The third-order valence-corrected chi connectivity index (χ3v) is 12.9. The van der Waals surface area contributed by atoms with E-state index in [4.69, 9.17) is 22.7 Å². The number of carbonyl (C=O) groups is 1. The number of hydrogen-bond donors (Lipinski definition) is 0. The average Bonchev–Trinajstić information content (AvgIpc) is 2.51. The van der Waals surface area contributed by atoms with Crippen LogP contribution >= 0.6 is 17.9 Å². The van der Waals surface area contributed by atoms with Crippen molar-refractivity contribution in [1.82, 2.24) is 0 Å². The van der Waals surface area contributed by atoms with Crippen molar-refractivity contribution in [3.05, 3.63) is 65.7 Å². The molecule has 0 bridgehead atoms. The predicted octanol–water partition coefficient (Wildman–Crippen LogP) is 3.64. The van der Waals surface area contributed by atoms with Gasteiger partial charge in [-0.05, 0) is 0 Å². The van der Waals surface area contributed by atoms with Crippen LogP contribution in [-0.4, -0.2) is 28.8 Å². The molecular weight excluding hydrogens is 423 g/mol. The van der Waals surface area contributed by atoms with Gasteiger partial charge >= 0.3 is 135 Å². The molecule has 0 unspecified atom stereocenters. The normalized spacial score (nSPS) is 17.7. The molecule has 3 rings (SSSR count). The Kier molecular flexibility index (Phi) is 4.03. The molecule has 108 valence electrons. The molecule has 0 fully saturated rings. The van der Waals surface area contributed by atoms with Gasteiger partial charge in [0.05, 0.1) is 0 Å². The first-order valence-corrected chi connectivity index (χ1v) is 14.5. The van der Waals surface area contributed by atoms with E-state index in [1.807, 2.05) is 30.3 Å². The minimum atomic E-state index is -3.58. The van der Waals surface area contributed by atoms with Gasteiger partial charge in [-0.25, -0.2) is 0 Å². The van der Waals surface area contributed by atoms with Crippen molar-refractivity contribution >= 4 is 46.9 Å². The molecule has 1 heterocycles. The van der Waals surface area contributed by atoms with Gasteiger partial charge in [0.25, 0.3) is 0 Å². The first-order chi connectivity index (χ1) is 10.0. The fraction of sp³-hybridized carbons (Fsp3) is 0.0625. The van der Waals surface area contributed by atoms with Gasteiger partial charge in [-0.15, -0.1) is 0 Å². The van der Waals surface area contributed by atoms with Crippen LogP contribution < -0.4 is 8.35 Å². The molecule has 5 heteroatoms. The van der Waals surface area contributed by atoms with Gasteiger partial charge < -0.3 is 0 Å². The van der Waals surface area contributed by atoms with Gasteiger partial charge in [0, 0.05) is 0 Å². The molecule has 0 aliphatic carbocycles. The van der Waals surface area contributed by atoms with Crippen molar-refractivity contribution in [3.63, 3.8) is 0 Å². The molecule has 1 aliphatic heterocycles.